The number of carboxylic acid groups (broad SMARTS) is 1. The molecule has 0 aliphatic heterocycles. The van der Waals surface area contributed by atoms with Crippen LogP contribution in [0.3, 0.4) is 0 Å². The van der Waals surface area contributed by atoms with Gasteiger partial charge in [-0.2, -0.15) is 5.26 Å². The van der Waals surface area contributed by atoms with E-state index in [1.54, 1.807) is 24.3 Å². The van der Waals surface area contributed by atoms with Crippen molar-refractivity contribution >= 4 is 28.5 Å². The van der Waals surface area contributed by atoms with E-state index in [1.165, 1.54) is 6.42 Å². The monoisotopic (exact) mass is 401 g/mol. The van der Waals surface area contributed by atoms with Gasteiger partial charge in [-0.15, -0.1) is 0 Å². The molecule has 1 aliphatic carbocycles. The summed E-state index contributed by atoms with van der Waals surface area (Å²) in [7, 11) is 0. The van der Waals surface area contributed by atoms with E-state index < -0.39 is 5.97 Å². The molecular weight excluding hydrogens is 378 g/mol. The Bertz CT molecular complexity index is 1160. The van der Waals surface area contributed by atoms with Crippen LogP contribution in [0, 0.1) is 18.3 Å². The van der Waals surface area contributed by atoms with E-state index in [2.05, 4.69) is 21.7 Å². The minimum Gasteiger partial charge on any atom is -0.478 e. The van der Waals surface area contributed by atoms with Crippen molar-refractivity contribution < 1.29 is 9.90 Å². The topological polar surface area (TPSA) is 111 Å². The Labute approximate surface area is 174 Å². The van der Waals surface area contributed by atoms with Crippen molar-refractivity contribution in [3.63, 3.8) is 0 Å². The molecule has 2 aromatic carbocycles. The Kier molecular flexibility index (Phi) is 5.23. The second-order valence-electron chi connectivity index (χ2n) is 7.74. The van der Waals surface area contributed by atoms with Gasteiger partial charge in [-0.1, -0.05) is 18.2 Å². The second-order valence-corrected chi connectivity index (χ2v) is 7.74. The molecule has 1 saturated carbocycles. The van der Waals surface area contributed by atoms with Crippen LogP contribution in [0.5, 0.6) is 0 Å². The number of benzene rings is 2. The summed E-state index contributed by atoms with van der Waals surface area (Å²) in [5.41, 5.74) is 4.31. The molecule has 7 heteroatoms. The quantitative estimate of drug-likeness (QED) is 0.551. The lowest BCUT2D eigenvalue weighted by molar-refractivity contribution is 0.0698. The van der Waals surface area contributed by atoms with Gasteiger partial charge >= 0.3 is 5.97 Å². The van der Waals surface area contributed by atoms with Gasteiger partial charge in [0.2, 0.25) is 0 Å². The van der Waals surface area contributed by atoms with Gasteiger partial charge < -0.3 is 15.7 Å². The summed E-state index contributed by atoms with van der Waals surface area (Å²) in [4.78, 5) is 20.9. The van der Waals surface area contributed by atoms with Crippen LogP contribution in [-0.4, -0.2) is 27.1 Å². The van der Waals surface area contributed by atoms with E-state index in [4.69, 9.17) is 4.98 Å². The molecule has 1 aromatic heterocycles. The molecule has 0 radical (unpaired) electrons. The number of carbonyl (C=O) groups is 1. The zero-order valence-corrected chi connectivity index (χ0v) is 16.9. The predicted octanol–water partition coefficient (Wildman–Crippen LogP) is 4.65. The maximum Gasteiger partial charge on any atom is 0.337 e. The minimum atomic E-state index is -0.982. The van der Waals surface area contributed by atoms with Crippen molar-refractivity contribution in [3.8, 4) is 6.07 Å². The van der Waals surface area contributed by atoms with Crippen LogP contribution in [-0.2, 0) is 0 Å². The number of anilines is 2. The van der Waals surface area contributed by atoms with Crippen LogP contribution < -0.4 is 10.6 Å². The van der Waals surface area contributed by atoms with E-state index in [-0.39, 0.29) is 11.6 Å². The number of aromatic carboxylic acids is 1. The largest absolute Gasteiger partial charge is 0.478 e. The summed E-state index contributed by atoms with van der Waals surface area (Å²) >= 11 is 0. The Morgan fingerprint density at radius 2 is 2.03 bits per heavy atom. The molecular formula is C23H23N5O2. The normalized spacial score (nSPS) is 14.6. The number of nitriles is 1. The number of hydrogen-bond donors (Lipinski definition) is 3. The first kappa shape index (κ1) is 19.6. The summed E-state index contributed by atoms with van der Waals surface area (Å²) in [5, 5.41) is 25.7. The smallest absolute Gasteiger partial charge is 0.337 e. The van der Waals surface area contributed by atoms with Gasteiger partial charge in [-0.25, -0.2) is 14.8 Å². The van der Waals surface area contributed by atoms with Crippen LogP contribution in [0.25, 0.3) is 11.0 Å². The summed E-state index contributed by atoms with van der Waals surface area (Å²) in [6, 6.07) is 13.0. The number of nitrogens with one attached hydrogen (secondary N) is 2. The van der Waals surface area contributed by atoms with Gasteiger partial charge in [0.05, 0.1) is 22.6 Å². The molecule has 0 unspecified atom stereocenters. The number of hydrogen-bond acceptors (Lipinski definition) is 6. The van der Waals surface area contributed by atoms with E-state index in [0.29, 0.717) is 34.3 Å². The van der Waals surface area contributed by atoms with Crippen LogP contribution >= 0.6 is 0 Å². The number of carboxylic acids is 1. The van der Waals surface area contributed by atoms with Crippen LogP contribution in [0.1, 0.15) is 59.4 Å². The average molecular weight is 401 g/mol. The Morgan fingerprint density at radius 3 is 2.70 bits per heavy atom. The number of aryl methyl sites for hydroxylation is 1. The zero-order valence-electron chi connectivity index (χ0n) is 16.9. The van der Waals surface area contributed by atoms with Crippen molar-refractivity contribution in [3.05, 3.63) is 58.8 Å². The number of rotatable bonds is 6. The fraction of sp³-hybridized carbons (Fsp3) is 0.304. The molecule has 0 amide bonds. The lowest BCUT2D eigenvalue weighted by Crippen LogP contribution is -2.28. The average Bonchev–Trinajstić information content (AvgIpc) is 2.69. The number of fused-ring (bicyclic) bond motifs is 1. The maximum atomic E-state index is 11.6. The maximum absolute atomic E-state index is 11.6. The first-order valence-corrected chi connectivity index (χ1v) is 10.0. The highest BCUT2D eigenvalue weighted by Gasteiger charge is 2.22. The van der Waals surface area contributed by atoms with Crippen LogP contribution in [0.15, 0.2) is 36.4 Å². The van der Waals surface area contributed by atoms with Crippen molar-refractivity contribution in [1.29, 1.82) is 5.26 Å². The predicted molar refractivity (Wildman–Crippen MR) is 116 cm³/mol. The van der Waals surface area contributed by atoms with Gasteiger partial charge in [-0.3, -0.25) is 0 Å². The molecule has 152 valence electrons. The highest BCUT2D eigenvalue weighted by atomic mass is 16.4. The van der Waals surface area contributed by atoms with Gasteiger partial charge in [0, 0.05) is 17.3 Å². The highest BCUT2D eigenvalue weighted by Crippen LogP contribution is 2.30. The molecule has 1 heterocycles. The van der Waals surface area contributed by atoms with E-state index >= 15 is 0 Å². The SMILES string of the molecule is Cc1cc([C@@H](C)Nc2ccccc2C(=O)O)c2nc(NC3CCC3)c(C#N)nc2c1. The fourth-order valence-corrected chi connectivity index (χ4v) is 3.69. The fourth-order valence-electron chi connectivity index (χ4n) is 3.69. The van der Waals surface area contributed by atoms with E-state index in [9.17, 15) is 15.2 Å². The van der Waals surface area contributed by atoms with Crippen LogP contribution in [0.4, 0.5) is 11.5 Å². The number of para-hydroxylation sites is 1. The minimum absolute atomic E-state index is 0.214. The summed E-state index contributed by atoms with van der Waals surface area (Å²) in [5.74, 6) is -0.470. The van der Waals surface area contributed by atoms with Gasteiger partial charge in [0.25, 0.3) is 0 Å². The molecule has 0 bridgehead atoms. The van der Waals surface area contributed by atoms with Crippen LogP contribution in [0.2, 0.25) is 0 Å². The number of nitrogens with zero attached hydrogens (tertiary/aromatic N) is 3. The lowest BCUT2D eigenvalue weighted by atomic mass is 9.93. The Balaban J connectivity index is 1.76. The molecule has 1 aliphatic rings. The Morgan fingerprint density at radius 1 is 1.27 bits per heavy atom. The molecule has 0 saturated heterocycles. The van der Waals surface area contributed by atoms with Crippen molar-refractivity contribution in [2.45, 2.75) is 45.2 Å². The molecule has 7 nitrogen and oxygen atoms in total. The summed E-state index contributed by atoms with van der Waals surface area (Å²) in [6.45, 7) is 3.93. The first-order valence-electron chi connectivity index (χ1n) is 10.0. The van der Waals surface area contributed by atoms with Gasteiger partial charge in [0.15, 0.2) is 11.5 Å². The third kappa shape index (κ3) is 3.77. The molecule has 30 heavy (non-hydrogen) atoms. The van der Waals surface area contributed by atoms with Gasteiger partial charge in [-0.05, 0) is 56.9 Å². The molecule has 0 spiro atoms. The van der Waals surface area contributed by atoms with Crippen molar-refractivity contribution in [2.24, 2.45) is 0 Å². The second kappa shape index (κ2) is 7.99. The summed E-state index contributed by atoms with van der Waals surface area (Å²) < 4.78 is 0. The summed E-state index contributed by atoms with van der Waals surface area (Å²) in [6.07, 6.45) is 3.31. The van der Waals surface area contributed by atoms with Crippen molar-refractivity contribution in [2.75, 3.05) is 10.6 Å². The standard InChI is InChI=1S/C23H23N5O2/c1-13-10-17(14(2)25-18-9-4-3-8-16(18)23(29)30)21-19(11-13)27-20(12-24)22(28-21)26-15-6-5-7-15/h3-4,8-11,14-15,25H,5-7H2,1-2H3,(H,26,28)(H,29,30)/t14-/m1/s1. The van der Waals surface area contributed by atoms with Crippen molar-refractivity contribution in [1.82, 2.24) is 9.97 Å². The molecule has 1 fully saturated rings. The third-order valence-corrected chi connectivity index (χ3v) is 5.49. The van der Waals surface area contributed by atoms with E-state index in [0.717, 1.165) is 24.0 Å². The molecule has 4 rings (SSSR count). The Hall–Kier alpha value is -3.66. The lowest BCUT2D eigenvalue weighted by Gasteiger charge is -2.27. The molecule has 1 atom stereocenters. The first-order chi connectivity index (χ1) is 14.5. The highest BCUT2D eigenvalue weighted by molar-refractivity contribution is 5.94. The molecule has 3 aromatic rings. The third-order valence-electron chi connectivity index (χ3n) is 5.49. The zero-order chi connectivity index (χ0) is 21.3. The van der Waals surface area contributed by atoms with Gasteiger partial charge in [0.1, 0.15) is 6.07 Å². The number of aromatic nitrogens is 2. The van der Waals surface area contributed by atoms with E-state index in [1.807, 2.05) is 26.0 Å². The molecule has 3 N–H and O–H groups in total.